The number of allylic oxidation sites excluding steroid dienone is 1. The maximum atomic E-state index is 14.0. The van der Waals surface area contributed by atoms with Gasteiger partial charge in [-0.2, -0.15) is 0 Å². The topological polar surface area (TPSA) is 67.8 Å². The molecular formula is C28H28FNO4. The van der Waals surface area contributed by atoms with Crippen LogP contribution >= 0.6 is 0 Å². The van der Waals surface area contributed by atoms with Crippen molar-refractivity contribution in [3.05, 3.63) is 83.2 Å². The zero-order valence-corrected chi connectivity index (χ0v) is 19.9. The molecule has 0 saturated heterocycles. The van der Waals surface area contributed by atoms with Crippen molar-refractivity contribution in [2.75, 3.05) is 12.4 Å². The highest BCUT2D eigenvalue weighted by atomic mass is 19.1. The van der Waals surface area contributed by atoms with Crippen LogP contribution in [0.5, 0.6) is 11.5 Å². The van der Waals surface area contributed by atoms with Crippen LogP contribution in [-0.2, 0) is 9.53 Å². The van der Waals surface area contributed by atoms with Crippen LogP contribution < -0.4 is 10.1 Å². The summed E-state index contributed by atoms with van der Waals surface area (Å²) in [6, 6.07) is 15.0. The lowest BCUT2D eigenvalue weighted by Gasteiger charge is -2.35. The van der Waals surface area contributed by atoms with Crippen molar-refractivity contribution in [2.24, 2.45) is 0 Å². The Morgan fingerprint density at radius 1 is 1.09 bits per heavy atom. The number of hydrogen-bond donors (Lipinski definition) is 2. The van der Waals surface area contributed by atoms with Gasteiger partial charge in [-0.1, -0.05) is 30.3 Å². The van der Waals surface area contributed by atoms with Crippen LogP contribution in [0.2, 0.25) is 0 Å². The molecule has 0 spiro atoms. The molecule has 1 unspecified atom stereocenters. The van der Waals surface area contributed by atoms with Gasteiger partial charge in [-0.05, 0) is 56.2 Å². The average Bonchev–Trinajstić information content (AvgIpc) is 2.76. The van der Waals surface area contributed by atoms with Gasteiger partial charge in [-0.3, -0.25) is 4.79 Å². The Hall–Kier alpha value is -3.80. The van der Waals surface area contributed by atoms with Crippen molar-refractivity contribution in [1.29, 1.82) is 0 Å². The molecule has 0 bridgehead atoms. The number of carbonyl (C=O) groups is 1. The molecule has 0 fully saturated rings. The molecule has 0 saturated carbocycles. The summed E-state index contributed by atoms with van der Waals surface area (Å²) in [6.07, 6.45) is 1.20. The van der Waals surface area contributed by atoms with Gasteiger partial charge < -0.3 is 19.9 Å². The first-order chi connectivity index (χ1) is 16.1. The maximum absolute atomic E-state index is 14.0. The Morgan fingerprint density at radius 3 is 2.47 bits per heavy atom. The van der Waals surface area contributed by atoms with Crippen LogP contribution in [-0.4, -0.2) is 23.7 Å². The van der Waals surface area contributed by atoms with Crippen molar-refractivity contribution < 1.29 is 23.8 Å². The van der Waals surface area contributed by atoms with Crippen LogP contribution in [0, 0.1) is 5.82 Å². The Balaban J connectivity index is 2.10. The number of phenols is 1. The van der Waals surface area contributed by atoms with E-state index in [2.05, 4.69) is 25.2 Å². The number of anilines is 1. The van der Waals surface area contributed by atoms with Gasteiger partial charge in [0.15, 0.2) is 6.10 Å². The van der Waals surface area contributed by atoms with E-state index in [1.165, 1.54) is 26.2 Å². The highest BCUT2D eigenvalue weighted by Crippen LogP contribution is 2.48. The first-order valence-electron chi connectivity index (χ1n) is 11.0. The van der Waals surface area contributed by atoms with Crippen LogP contribution in [0.4, 0.5) is 10.1 Å². The number of halogens is 1. The first-order valence-corrected chi connectivity index (χ1v) is 11.0. The second-order valence-electron chi connectivity index (χ2n) is 9.02. The van der Waals surface area contributed by atoms with Gasteiger partial charge in [0.25, 0.3) is 0 Å². The van der Waals surface area contributed by atoms with Crippen LogP contribution in [0.3, 0.4) is 0 Å². The fourth-order valence-electron chi connectivity index (χ4n) is 4.69. The largest absolute Gasteiger partial charge is 0.508 e. The molecule has 1 aliphatic rings. The number of nitrogens with one attached hydrogen (secondary N) is 1. The molecule has 0 aromatic heterocycles. The zero-order valence-electron chi connectivity index (χ0n) is 19.9. The number of rotatable bonds is 5. The van der Waals surface area contributed by atoms with Gasteiger partial charge in [0, 0.05) is 40.9 Å². The number of phenolic OH excluding ortho intramolecular Hbond substituents is 1. The summed E-state index contributed by atoms with van der Waals surface area (Å²) in [5.74, 6) is -0.551. The summed E-state index contributed by atoms with van der Waals surface area (Å²) in [5.41, 5.74) is 4.92. The maximum Gasteiger partial charge on any atom is 0.303 e. The molecule has 176 valence electrons. The minimum absolute atomic E-state index is 0.00843. The SMILES string of the molecule is COc1cc(F)ccc1-c1ccc2c(c1C(OC(C)=O)c1ccccc1O)C(C)=CC(C)(C)N2. The van der Waals surface area contributed by atoms with E-state index in [1.807, 2.05) is 19.1 Å². The van der Waals surface area contributed by atoms with E-state index in [-0.39, 0.29) is 11.3 Å². The van der Waals surface area contributed by atoms with Gasteiger partial charge in [-0.15, -0.1) is 0 Å². The normalized spacial score (nSPS) is 14.9. The molecule has 1 heterocycles. The number of fused-ring (bicyclic) bond motifs is 1. The van der Waals surface area contributed by atoms with E-state index in [0.29, 0.717) is 28.0 Å². The zero-order chi connectivity index (χ0) is 24.6. The lowest BCUT2D eigenvalue weighted by Crippen LogP contribution is -2.32. The highest BCUT2D eigenvalue weighted by Gasteiger charge is 2.33. The van der Waals surface area contributed by atoms with Crippen molar-refractivity contribution >= 4 is 17.2 Å². The molecule has 6 heteroatoms. The molecule has 1 atom stereocenters. The van der Waals surface area contributed by atoms with E-state index in [1.54, 1.807) is 30.3 Å². The number of ether oxygens (including phenoxy) is 2. The molecule has 5 nitrogen and oxygen atoms in total. The molecule has 34 heavy (non-hydrogen) atoms. The minimum Gasteiger partial charge on any atom is -0.508 e. The molecule has 0 amide bonds. The monoisotopic (exact) mass is 461 g/mol. The van der Waals surface area contributed by atoms with Gasteiger partial charge in [0.2, 0.25) is 0 Å². The number of esters is 1. The molecule has 2 N–H and O–H groups in total. The smallest absolute Gasteiger partial charge is 0.303 e. The minimum atomic E-state index is -0.912. The van der Waals surface area contributed by atoms with Crippen molar-refractivity contribution in [2.45, 2.75) is 39.3 Å². The van der Waals surface area contributed by atoms with E-state index < -0.39 is 17.9 Å². The lowest BCUT2D eigenvalue weighted by atomic mass is 9.81. The Morgan fingerprint density at radius 2 is 1.79 bits per heavy atom. The summed E-state index contributed by atoms with van der Waals surface area (Å²) in [5, 5.41) is 14.2. The molecule has 4 rings (SSSR count). The molecule has 3 aromatic carbocycles. The fraction of sp³-hybridized carbons (Fsp3) is 0.250. The third kappa shape index (κ3) is 4.36. The summed E-state index contributed by atoms with van der Waals surface area (Å²) in [7, 11) is 1.48. The van der Waals surface area contributed by atoms with Gasteiger partial charge in [-0.25, -0.2) is 4.39 Å². The van der Waals surface area contributed by atoms with E-state index in [0.717, 1.165) is 16.8 Å². The van der Waals surface area contributed by atoms with E-state index in [4.69, 9.17) is 9.47 Å². The summed E-state index contributed by atoms with van der Waals surface area (Å²) >= 11 is 0. The van der Waals surface area contributed by atoms with Gasteiger partial charge in [0.05, 0.1) is 12.6 Å². The number of carbonyl (C=O) groups excluding carboxylic acids is 1. The summed E-state index contributed by atoms with van der Waals surface area (Å²) < 4.78 is 25.4. The lowest BCUT2D eigenvalue weighted by molar-refractivity contribution is -0.144. The van der Waals surface area contributed by atoms with Gasteiger partial charge >= 0.3 is 5.97 Å². The quantitative estimate of drug-likeness (QED) is 0.427. The van der Waals surface area contributed by atoms with E-state index in [9.17, 15) is 14.3 Å². The first kappa shape index (κ1) is 23.4. The summed E-state index contributed by atoms with van der Waals surface area (Å²) in [4.78, 5) is 12.3. The van der Waals surface area contributed by atoms with Crippen LogP contribution in [0.25, 0.3) is 16.7 Å². The molecular weight excluding hydrogens is 433 g/mol. The third-order valence-electron chi connectivity index (χ3n) is 5.89. The molecule has 1 aliphatic heterocycles. The van der Waals surface area contributed by atoms with E-state index >= 15 is 0 Å². The molecule has 0 aliphatic carbocycles. The predicted octanol–water partition coefficient (Wildman–Crippen LogP) is 6.47. The summed E-state index contributed by atoms with van der Waals surface area (Å²) in [6.45, 7) is 7.49. The van der Waals surface area contributed by atoms with Gasteiger partial charge in [0.1, 0.15) is 17.3 Å². The second-order valence-corrected chi connectivity index (χ2v) is 9.02. The number of benzene rings is 3. The Kier molecular flexibility index (Phi) is 6.09. The van der Waals surface area contributed by atoms with Crippen molar-refractivity contribution in [3.63, 3.8) is 0 Å². The Bertz CT molecular complexity index is 1300. The number of para-hydroxylation sites is 1. The third-order valence-corrected chi connectivity index (χ3v) is 5.89. The number of hydrogen-bond acceptors (Lipinski definition) is 5. The highest BCUT2D eigenvalue weighted by molar-refractivity contribution is 5.89. The fourth-order valence-corrected chi connectivity index (χ4v) is 4.69. The van der Waals surface area contributed by atoms with Crippen molar-refractivity contribution in [3.8, 4) is 22.6 Å². The van der Waals surface area contributed by atoms with Crippen LogP contribution in [0.15, 0.2) is 60.7 Å². The number of aromatic hydroxyl groups is 1. The van der Waals surface area contributed by atoms with Crippen LogP contribution in [0.1, 0.15) is 50.5 Å². The predicted molar refractivity (Wildman–Crippen MR) is 131 cm³/mol. The number of methoxy groups -OCH3 is 1. The average molecular weight is 462 g/mol. The molecule has 3 aromatic rings. The van der Waals surface area contributed by atoms with Crippen molar-refractivity contribution in [1.82, 2.24) is 0 Å². The molecule has 0 radical (unpaired) electrons. The standard InChI is InChI=1S/C28H28FNO4/c1-16-15-28(3,4)30-22-13-12-20(19-11-10-18(29)14-24(19)33-5)26(25(16)22)27(34-17(2)31)21-8-6-7-9-23(21)32/h6-15,27,30,32H,1-5H3. The second kappa shape index (κ2) is 8.86. The Labute approximate surface area is 198 Å².